The predicted molar refractivity (Wildman–Crippen MR) is 124 cm³/mol. The summed E-state index contributed by atoms with van der Waals surface area (Å²) in [6, 6.07) is 2.75. The van der Waals surface area contributed by atoms with Crippen LogP contribution in [-0.4, -0.2) is 51.4 Å². The van der Waals surface area contributed by atoms with Crippen LogP contribution in [0.3, 0.4) is 0 Å². The first-order valence-electron chi connectivity index (χ1n) is 10.7. The molecular weight excluding hydrogens is 428 g/mol. The van der Waals surface area contributed by atoms with E-state index in [1.807, 2.05) is 13.8 Å². The molecule has 0 saturated heterocycles. The third-order valence-electron chi connectivity index (χ3n) is 4.58. The van der Waals surface area contributed by atoms with Gasteiger partial charge in [-0.2, -0.15) is 0 Å². The molecule has 0 radical (unpaired) electrons. The summed E-state index contributed by atoms with van der Waals surface area (Å²) in [6.45, 7) is 10.7. The molecule has 1 N–H and O–H groups in total. The van der Waals surface area contributed by atoms with Gasteiger partial charge in [0, 0.05) is 32.1 Å². The van der Waals surface area contributed by atoms with Crippen molar-refractivity contribution in [3.63, 3.8) is 0 Å². The highest BCUT2D eigenvalue weighted by Crippen LogP contribution is 2.14. The van der Waals surface area contributed by atoms with Crippen LogP contribution in [0.5, 0.6) is 0 Å². The molecular formula is C23H34N4O6. The van der Waals surface area contributed by atoms with Gasteiger partial charge in [-0.05, 0) is 59.6 Å². The predicted octanol–water partition coefficient (Wildman–Crippen LogP) is 2.07. The lowest BCUT2D eigenvalue weighted by molar-refractivity contribution is -0.162. The fraction of sp³-hybridized carbons (Fsp3) is 0.565. The second-order valence-electron chi connectivity index (χ2n) is 9.12. The molecule has 2 aromatic rings. The lowest BCUT2D eigenvalue weighted by atomic mass is 10.1. The summed E-state index contributed by atoms with van der Waals surface area (Å²) in [5, 5.41) is 2.81. The average molecular weight is 463 g/mol. The summed E-state index contributed by atoms with van der Waals surface area (Å²) in [6.07, 6.45) is 1.89. The number of rotatable bonds is 8. The van der Waals surface area contributed by atoms with Gasteiger partial charge in [0.1, 0.15) is 11.4 Å². The Hall–Kier alpha value is -2.98. The number of hydrogen-bond acceptors (Lipinski definition) is 7. The molecule has 1 amide bonds. The van der Waals surface area contributed by atoms with Gasteiger partial charge in [0.2, 0.25) is 0 Å². The van der Waals surface area contributed by atoms with Crippen LogP contribution in [0.4, 0.5) is 4.79 Å². The van der Waals surface area contributed by atoms with Crippen LogP contribution in [0.25, 0.3) is 5.82 Å². The van der Waals surface area contributed by atoms with Crippen LogP contribution in [0, 0.1) is 6.92 Å². The SMILES string of the molecule is COC(OC(C)C)C(Cc1ccc(-n2c(=O)c(C)cn(C)c2=O)nc1)NC(=O)OC(C)(C)C. The molecule has 33 heavy (non-hydrogen) atoms. The smallest absolute Gasteiger partial charge is 0.408 e. The van der Waals surface area contributed by atoms with Gasteiger partial charge in [0.15, 0.2) is 6.29 Å². The van der Waals surface area contributed by atoms with Crippen molar-refractivity contribution in [3.05, 3.63) is 56.5 Å². The number of aryl methyl sites for hydroxylation is 2. The largest absolute Gasteiger partial charge is 0.444 e. The Morgan fingerprint density at radius 2 is 1.88 bits per heavy atom. The zero-order valence-corrected chi connectivity index (χ0v) is 20.5. The van der Waals surface area contributed by atoms with E-state index in [0.29, 0.717) is 12.0 Å². The molecule has 2 heterocycles. The van der Waals surface area contributed by atoms with Crippen molar-refractivity contribution >= 4 is 6.09 Å². The molecule has 182 valence electrons. The zero-order valence-electron chi connectivity index (χ0n) is 20.5. The Labute approximate surface area is 193 Å². The maximum atomic E-state index is 12.5. The molecule has 2 unspecified atom stereocenters. The van der Waals surface area contributed by atoms with E-state index in [4.69, 9.17) is 14.2 Å². The number of amides is 1. The van der Waals surface area contributed by atoms with E-state index in [0.717, 1.165) is 10.1 Å². The van der Waals surface area contributed by atoms with Crippen molar-refractivity contribution < 1.29 is 19.0 Å². The molecule has 2 atom stereocenters. The molecule has 10 nitrogen and oxygen atoms in total. The number of carbonyl (C=O) groups is 1. The number of pyridine rings is 1. The summed E-state index contributed by atoms with van der Waals surface area (Å²) in [7, 11) is 3.07. The Morgan fingerprint density at radius 1 is 1.21 bits per heavy atom. The van der Waals surface area contributed by atoms with Gasteiger partial charge in [-0.1, -0.05) is 6.07 Å². The minimum atomic E-state index is -0.733. The van der Waals surface area contributed by atoms with Gasteiger partial charge < -0.3 is 24.1 Å². The van der Waals surface area contributed by atoms with Crippen LogP contribution in [0.2, 0.25) is 0 Å². The second-order valence-corrected chi connectivity index (χ2v) is 9.12. The summed E-state index contributed by atoms with van der Waals surface area (Å²) >= 11 is 0. The standard InChI is InChI=1S/C23H34N4O6/c1-14(2)32-20(31-8)17(25-21(29)33-23(4,5)6)11-16-9-10-18(24-12-16)27-19(28)15(3)13-26(7)22(27)30/h9-10,12-14,17,20H,11H2,1-8H3,(H,25,29). The monoisotopic (exact) mass is 462 g/mol. The van der Waals surface area contributed by atoms with Gasteiger partial charge in [0.05, 0.1) is 12.1 Å². The quantitative estimate of drug-likeness (QED) is 0.598. The van der Waals surface area contributed by atoms with Crippen LogP contribution < -0.4 is 16.6 Å². The highest BCUT2D eigenvalue weighted by Gasteiger charge is 2.28. The first-order valence-corrected chi connectivity index (χ1v) is 10.7. The lowest BCUT2D eigenvalue weighted by Crippen LogP contribution is -2.49. The second kappa shape index (κ2) is 10.8. The van der Waals surface area contributed by atoms with Crippen molar-refractivity contribution in [2.45, 2.75) is 72.0 Å². The molecule has 0 aliphatic heterocycles. The first kappa shape index (κ1) is 26.3. The van der Waals surface area contributed by atoms with Crippen LogP contribution >= 0.6 is 0 Å². The van der Waals surface area contributed by atoms with Crippen molar-refractivity contribution in [3.8, 4) is 5.82 Å². The summed E-state index contributed by atoms with van der Waals surface area (Å²) in [5.74, 6) is 0.214. The van der Waals surface area contributed by atoms with E-state index in [-0.39, 0.29) is 11.9 Å². The van der Waals surface area contributed by atoms with Crippen molar-refractivity contribution in [1.82, 2.24) is 19.4 Å². The minimum Gasteiger partial charge on any atom is -0.444 e. The Bertz CT molecular complexity index is 1030. The number of carbonyl (C=O) groups excluding carboxylic acids is 1. The van der Waals surface area contributed by atoms with Crippen LogP contribution in [0.15, 0.2) is 34.1 Å². The Morgan fingerprint density at radius 3 is 2.39 bits per heavy atom. The number of methoxy groups -OCH3 is 1. The van der Waals surface area contributed by atoms with Gasteiger partial charge in [-0.25, -0.2) is 19.1 Å². The summed E-state index contributed by atoms with van der Waals surface area (Å²) in [4.78, 5) is 41.7. The molecule has 0 fully saturated rings. The summed E-state index contributed by atoms with van der Waals surface area (Å²) in [5.41, 5.74) is -0.398. The van der Waals surface area contributed by atoms with E-state index in [9.17, 15) is 14.4 Å². The molecule has 0 spiro atoms. The van der Waals surface area contributed by atoms with Crippen molar-refractivity contribution in [1.29, 1.82) is 0 Å². The average Bonchev–Trinajstić information content (AvgIpc) is 2.70. The fourth-order valence-electron chi connectivity index (χ4n) is 3.20. The number of ether oxygens (including phenoxy) is 3. The number of hydrogen-bond donors (Lipinski definition) is 1. The maximum absolute atomic E-state index is 12.5. The molecule has 0 saturated carbocycles. The van der Waals surface area contributed by atoms with Gasteiger partial charge in [-0.3, -0.25) is 4.79 Å². The third kappa shape index (κ3) is 7.26. The van der Waals surface area contributed by atoms with Gasteiger partial charge >= 0.3 is 11.8 Å². The number of nitrogens with one attached hydrogen (secondary N) is 1. The summed E-state index contributed by atoms with van der Waals surface area (Å²) < 4.78 is 19.0. The van der Waals surface area contributed by atoms with Gasteiger partial charge in [0.25, 0.3) is 5.56 Å². The molecule has 0 aliphatic carbocycles. The molecule has 0 aliphatic rings. The van der Waals surface area contributed by atoms with Crippen LogP contribution in [0.1, 0.15) is 45.7 Å². The molecule has 10 heteroatoms. The molecule has 2 rings (SSSR count). The first-order chi connectivity index (χ1) is 15.3. The van der Waals surface area contributed by atoms with E-state index >= 15 is 0 Å². The van der Waals surface area contributed by atoms with Crippen LogP contribution in [-0.2, 0) is 27.7 Å². The van der Waals surface area contributed by atoms with E-state index in [2.05, 4.69) is 10.3 Å². The maximum Gasteiger partial charge on any atom is 0.408 e. The number of alkyl carbamates (subject to hydrolysis) is 1. The highest BCUT2D eigenvalue weighted by molar-refractivity contribution is 5.68. The fourth-order valence-corrected chi connectivity index (χ4v) is 3.20. The third-order valence-corrected chi connectivity index (χ3v) is 4.58. The number of nitrogens with zero attached hydrogens (tertiary/aromatic N) is 3. The topological polar surface area (TPSA) is 114 Å². The highest BCUT2D eigenvalue weighted by atomic mass is 16.7. The van der Waals surface area contributed by atoms with Crippen molar-refractivity contribution in [2.24, 2.45) is 7.05 Å². The molecule has 0 bridgehead atoms. The number of aromatic nitrogens is 3. The zero-order chi connectivity index (χ0) is 24.9. The molecule has 2 aromatic heterocycles. The molecule has 0 aromatic carbocycles. The normalized spacial score (nSPS) is 13.6. The van der Waals surface area contributed by atoms with Gasteiger partial charge in [-0.15, -0.1) is 0 Å². The van der Waals surface area contributed by atoms with E-state index < -0.39 is 35.3 Å². The lowest BCUT2D eigenvalue weighted by Gasteiger charge is -2.29. The van der Waals surface area contributed by atoms with E-state index in [1.165, 1.54) is 17.9 Å². The minimum absolute atomic E-state index is 0.136. The Kier molecular flexibility index (Phi) is 8.57. The van der Waals surface area contributed by atoms with E-state index in [1.54, 1.807) is 53.1 Å². The Balaban J connectivity index is 2.32. The van der Waals surface area contributed by atoms with Crippen molar-refractivity contribution in [2.75, 3.05) is 7.11 Å².